The fourth-order valence-corrected chi connectivity index (χ4v) is 3.58. The van der Waals surface area contributed by atoms with Crippen molar-refractivity contribution in [1.82, 2.24) is 25.5 Å². The van der Waals surface area contributed by atoms with Crippen molar-refractivity contribution < 1.29 is 19.0 Å². The highest BCUT2D eigenvalue weighted by Gasteiger charge is 2.21. The molecule has 1 atom stereocenters. The van der Waals surface area contributed by atoms with Crippen molar-refractivity contribution in [3.8, 4) is 17.2 Å². The lowest BCUT2D eigenvalue weighted by Crippen LogP contribution is -2.41. The number of nitrogens with one attached hydrogen (secondary N) is 1. The Balaban J connectivity index is 1.24. The van der Waals surface area contributed by atoms with Gasteiger partial charge in [0.2, 0.25) is 11.1 Å². The SMILES string of the molecule is COc1ccc(Cn2nnnc2SCC(=O)NCC2COc3ccccc3O2)cc1. The fourth-order valence-electron chi connectivity index (χ4n) is 2.88. The summed E-state index contributed by atoms with van der Waals surface area (Å²) in [5.41, 5.74) is 1.03. The van der Waals surface area contributed by atoms with Gasteiger partial charge < -0.3 is 19.5 Å². The predicted molar refractivity (Wildman–Crippen MR) is 110 cm³/mol. The topological polar surface area (TPSA) is 100 Å². The Morgan fingerprint density at radius 2 is 2.03 bits per heavy atom. The van der Waals surface area contributed by atoms with Crippen LogP contribution in [0.1, 0.15) is 5.56 Å². The first-order chi connectivity index (χ1) is 14.7. The van der Waals surface area contributed by atoms with Gasteiger partial charge in [-0.1, -0.05) is 36.0 Å². The number of carbonyl (C=O) groups excluding carboxylic acids is 1. The van der Waals surface area contributed by atoms with Gasteiger partial charge in [0.25, 0.3) is 0 Å². The van der Waals surface area contributed by atoms with Crippen LogP contribution >= 0.6 is 11.8 Å². The van der Waals surface area contributed by atoms with Crippen molar-refractivity contribution in [1.29, 1.82) is 0 Å². The predicted octanol–water partition coefficient (Wildman–Crippen LogP) is 1.78. The maximum absolute atomic E-state index is 12.2. The zero-order valence-electron chi connectivity index (χ0n) is 16.4. The van der Waals surface area contributed by atoms with Crippen LogP contribution in [-0.4, -0.2) is 58.2 Å². The van der Waals surface area contributed by atoms with Crippen molar-refractivity contribution in [2.24, 2.45) is 0 Å². The molecule has 2 heterocycles. The Bertz CT molecular complexity index is 995. The molecule has 1 aliphatic heterocycles. The number of fused-ring (bicyclic) bond motifs is 1. The van der Waals surface area contributed by atoms with Crippen molar-refractivity contribution in [3.05, 3.63) is 54.1 Å². The number of carbonyl (C=O) groups is 1. The molecule has 0 aliphatic carbocycles. The first kappa shape index (κ1) is 20.0. The summed E-state index contributed by atoms with van der Waals surface area (Å²) >= 11 is 1.28. The fraction of sp³-hybridized carbons (Fsp3) is 0.300. The molecule has 0 radical (unpaired) electrons. The van der Waals surface area contributed by atoms with E-state index in [1.165, 1.54) is 11.8 Å². The van der Waals surface area contributed by atoms with Gasteiger partial charge in [-0.15, -0.1) is 5.10 Å². The van der Waals surface area contributed by atoms with Crippen molar-refractivity contribution in [3.63, 3.8) is 0 Å². The van der Waals surface area contributed by atoms with Gasteiger partial charge >= 0.3 is 0 Å². The summed E-state index contributed by atoms with van der Waals surface area (Å²) < 4.78 is 18.3. The van der Waals surface area contributed by atoms with E-state index in [1.54, 1.807) is 11.8 Å². The number of methoxy groups -OCH3 is 1. The Labute approximate surface area is 177 Å². The van der Waals surface area contributed by atoms with Crippen LogP contribution in [0.5, 0.6) is 17.2 Å². The van der Waals surface area contributed by atoms with Crippen molar-refractivity contribution in [2.75, 3.05) is 26.0 Å². The molecular weight excluding hydrogens is 406 g/mol. The summed E-state index contributed by atoms with van der Waals surface area (Å²) in [6.45, 7) is 1.27. The molecule has 1 aliphatic rings. The number of thioether (sulfide) groups is 1. The van der Waals surface area contributed by atoms with Gasteiger partial charge in [-0.25, -0.2) is 4.68 Å². The van der Waals surface area contributed by atoms with Crippen molar-refractivity contribution in [2.45, 2.75) is 17.8 Å². The molecular formula is C20H21N5O4S. The second-order valence-electron chi connectivity index (χ2n) is 6.56. The maximum Gasteiger partial charge on any atom is 0.230 e. The van der Waals surface area contributed by atoms with Gasteiger partial charge in [-0.3, -0.25) is 4.79 Å². The van der Waals surface area contributed by atoms with E-state index in [-0.39, 0.29) is 17.8 Å². The second kappa shape index (κ2) is 9.49. The summed E-state index contributed by atoms with van der Waals surface area (Å²) in [7, 11) is 1.63. The number of aromatic nitrogens is 4. The average Bonchev–Trinajstić information content (AvgIpc) is 3.23. The smallest absolute Gasteiger partial charge is 0.230 e. The Kier molecular flexibility index (Phi) is 6.33. The first-order valence-electron chi connectivity index (χ1n) is 9.38. The van der Waals surface area contributed by atoms with E-state index in [0.717, 1.165) is 17.1 Å². The molecule has 10 heteroatoms. The number of hydrogen-bond donors (Lipinski definition) is 1. The number of ether oxygens (including phenoxy) is 3. The normalized spacial score (nSPS) is 14.9. The van der Waals surface area contributed by atoms with E-state index in [1.807, 2.05) is 48.5 Å². The van der Waals surface area contributed by atoms with Gasteiger partial charge in [0.15, 0.2) is 11.5 Å². The number of hydrogen-bond acceptors (Lipinski definition) is 8. The number of tetrazole rings is 1. The molecule has 4 rings (SSSR count). The summed E-state index contributed by atoms with van der Waals surface area (Å²) in [6.07, 6.45) is -0.228. The highest BCUT2D eigenvalue weighted by molar-refractivity contribution is 7.99. The van der Waals surface area contributed by atoms with Gasteiger partial charge in [0, 0.05) is 0 Å². The number of rotatable bonds is 8. The summed E-state index contributed by atoms with van der Waals surface area (Å²) in [4.78, 5) is 12.2. The van der Waals surface area contributed by atoms with Crippen LogP contribution in [0.4, 0.5) is 0 Å². The van der Waals surface area contributed by atoms with Crippen LogP contribution in [0.2, 0.25) is 0 Å². The highest BCUT2D eigenvalue weighted by atomic mass is 32.2. The van der Waals surface area contributed by atoms with Crippen molar-refractivity contribution >= 4 is 17.7 Å². The molecule has 156 valence electrons. The molecule has 0 fully saturated rings. The van der Waals surface area contributed by atoms with E-state index in [4.69, 9.17) is 14.2 Å². The minimum atomic E-state index is -0.228. The summed E-state index contributed by atoms with van der Waals surface area (Å²) in [5, 5.41) is 15.2. The molecule has 30 heavy (non-hydrogen) atoms. The monoisotopic (exact) mass is 427 g/mol. The summed E-state index contributed by atoms with van der Waals surface area (Å²) in [6, 6.07) is 15.2. The lowest BCUT2D eigenvalue weighted by atomic mass is 10.2. The van der Waals surface area contributed by atoms with Gasteiger partial charge in [0.05, 0.1) is 26.0 Å². The molecule has 2 aromatic carbocycles. The molecule has 1 unspecified atom stereocenters. The largest absolute Gasteiger partial charge is 0.497 e. The Hall–Kier alpha value is -3.27. The molecule has 1 N–H and O–H groups in total. The number of nitrogens with zero attached hydrogens (tertiary/aromatic N) is 4. The molecule has 0 spiro atoms. The zero-order chi connectivity index (χ0) is 20.8. The Morgan fingerprint density at radius 1 is 1.23 bits per heavy atom. The van der Waals surface area contributed by atoms with E-state index >= 15 is 0 Å². The van der Waals surface area contributed by atoms with Crippen LogP contribution in [0.3, 0.4) is 0 Å². The number of benzene rings is 2. The standard InChI is InChI=1S/C20H21N5O4S/c1-27-15-8-6-14(7-9-15)11-25-20(22-23-24-25)30-13-19(26)21-10-16-12-28-17-4-2-3-5-18(17)29-16/h2-9,16H,10-13H2,1H3,(H,21,26). The lowest BCUT2D eigenvalue weighted by molar-refractivity contribution is -0.119. The molecule has 0 saturated heterocycles. The average molecular weight is 427 g/mol. The number of amides is 1. The van der Waals surface area contributed by atoms with Gasteiger partial charge in [0.1, 0.15) is 18.5 Å². The maximum atomic E-state index is 12.2. The van der Waals surface area contributed by atoms with Gasteiger partial charge in [-0.05, 0) is 40.3 Å². The zero-order valence-corrected chi connectivity index (χ0v) is 17.2. The molecule has 0 saturated carbocycles. The number of para-hydroxylation sites is 2. The third-order valence-corrected chi connectivity index (χ3v) is 5.37. The van der Waals surface area contributed by atoms with Crippen LogP contribution < -0.4 is 19.5 Å². The molecule has 1 aromatic heterocycles. The molecule has 3 aromatic rings. The Morgan fingerprint density at radius 3 is 2.83 bits per heavy atom. The van der Waals surface area contributed by atoms with E-state index < -0.39 is 0 Å². The summed E-state index contributed by atoms with van der Waals surface area (Å²) in [5.74, 6) is 2.28. The van der Waals surface area contributed by atoms with Crippen LogP contribution in [-0.2, 0) is 11.3 Å². The first-order valence-corrected chi connectivity index (χ1v) is 10.4. The third-order valence-electron chi connectivity index (χ3n) is 4.42. The van der Waals surface area contributed by atoms with Crippen LogP contribution in [0.25, 0.3) is 0 Å². The minimum absolute atomic E-state index is 0.124. The lowest BCUT2D eigenvalue weighted by Gasteiger charge is -2.26. The minimum Gasteiger partial charge on any atom is -0.497 e. The molecule has 1 amide bonds. The quantitative estimate of drug-likeness (QED) is 0.543. The second-order valence-corrected chi connectivity index (χ2v) is 7.50. The van der Waals surface area contributed by atoms with Crippen LogP contribution in [0.15, 0.2) is 53.7 Å². The van der Waals surface area contributed by atoms with Crippen LogP contribution in [0, 0.1) is 0 Å². The molecule has 9 nitrogen and oxygen atoms in total. The van der Waals surface area contributed by atoms with E-state index in [0.29, 0.717) is 30.6 Å². The third kappa shape index (κ3) is 5.01. The highest BCUT2D eigenvalue weighted by Crippen LogP contribution is 2.30. The van der Waals surface area contributed by atoms with E-state index in [9.17, 15) is 4.79 Å². The molecule has 0 bridgehead atoms. The van der Waals surface area contributed by atoms with E-state index in [2.05, 4.69) is 20.8 Å². The van der Waals surface area contributed by atoms with Gasteiger partial charge in [-0.2, -0.15) is 0 Å².